The molecule has 0 fully saturated rings. The summed E-state index contributed by atoms with van der Waals surface area (Å²) >= 11 is -3.11. The molecule has 0 saturated heterocycles. The molecule has 0 aliphatic heterocycles. The molecule has 0 amide bonds. The van der Waals surface area contributed by atoms with Gasteiger partial charge in [-0.15, -0.1) is 11.4 Å². The van der Waals surface area contributed by atoms with E-state index in [9.17, 15) is 9.59 Å². The molecule has 22 heavy (non-hydrogen) atoms. The molecule has 8 heteroatoms. The van der Waals surface area contributed by atoms with Gasteiger partial charge in [-0.2, -0.15) is 0 Å². The van der Waals surface area contributed by atoms with Crippen molar-refractivity contribution in [3.63, 3.8) is 0 Å². The molecule has 0 aromatic heterocycles. The normalized spacial score (nSPS) is 10.6. The third-order valence-electron chi connectivity index (χ3n) is 3.04. The fourth-order valence-corrected chi connectivity index (χ4v) is 1.84. The number of hydrogen-bond donors (Lipinski definition) is 0. The van der Waals surface area contributed by atoms with Gasteiger partial charge in [-0.25, -0.2) is 0 Å². The van der Waals surface area contributed by atoms with Crippen LogP contribution in [0.4, 0.5) is 0 Å². The van der Waals surface area contributed by atoms with Crippen molar-refractivity contribution in [3.05, 3.63) is 0 Å². The summed E-state index contributed by atoms with van der Waals surface area (Å²) in [6.45, 7) is 4.10. The molecule has 0 aromatic rings. The molecular weight excluding hydrogens is 326 g/mol. The number of rotatable bonds is 11. The van der Waals surface area contributed by atoms with Gasteiger partial charge >= 0.3 is 59.1 Å². The summed E-state index contributed by atoms with van der Waals surface area (Å²) in [5.74, 6) is -0.217. The van der Waals surface area contributed by atoms with E-state index < -0.39 is 11.4 Å². The number of carbonyl (C=O) groups excluding carboxylic acids is 2. The van der Waals surface area contributed by atoms with Crippen LogP contribution in [0.25, 0.3) is 0 Å². The second-order valence-corrected chi connectivity index (χ2v) is 5.10. The van der Waals surface area contributed by atoms with Crippen molar-refractivity contribution in [2.75, 3.05) is 0 Å². The van der Waals surface area contributed by atoms with Crippen LogP contribution in [0.1, 0.15) is 71.6 Å². The number of unbranched alkanes of at least 4 members (excludes halogenated alkanes) is 6. The Labute approximate surface area is 181 Å². The Hall–Kier alpha value is 1.41. The number of aldehydes is 1. The van der Waals surface area contributed by atoms with Crippen LogP contribution < -0.4 is 59.1 Å². The van der Waals surface area contributed by atoms with Gasteiger partial charge in [-0.1, -0.05) is 52.4 Å². The molecule has 0 N–H and O–H groups in total. The first-order chi connectivity index (χ1) is 9.49. The van der Waals surface area contributed by atoms with E-state index in [1.165, 1.54) is 32.1 Å². The summed E-state index contributed by atoms with van der Waals surface area (Å²) in [5, 5.41) is 0. The van der Waals surface area contributed by atoms with Gasteiger partial charge in [0.2, 0.25) is 0 Å². The molecule has 0 radical (unpaired) electrons. The van der Waals surface area contributed by atoms with E-state index in [0.29, 0.717) is 12.8 Å². The van der Waals surface area contributed by atoms with Gasteiger partial charge in [0.1, 0.15) is 12.1 Å². The Kier molecular flexibility index (Phi) is 35.0. The number of ketones is 1. The molecule has 0 heterocycles. The number of Topliss-reactive ketones (excluding diaryl/α,β-unsaturated/α-hetero) is 1. The van der Waals surface area contributed by atoms with Crippen molar-refractivity contribution in [2.45, 2.75) is 71.6 Å². The maximum Gasteiger partial charge on any atom is 1.00 e. The number of carbonyl (C=O) groups is 2. The van der Waals surface area contributed by atoms with Crippen molar-refractivity contribution < 1.29 is 82.0 Å². The van der Waals surface area contributed by atoms with Crippen LogP contribution in [0.2, 0.25) is 0 Å². The summed E-state index contributed by atoms with van der Waals surface area (Å²) in [6, 6.07) is 0. The largest absolute Gasteiger partial charge is 1.00 e. The van der Waals surface area contributed by atoms with E-state index >= 15 is 0 Å². The topological polar surface area (TPSA) is 97.3 Å². The molecule has 120 valence electrons. The smallest absolute Gasteiger partial charge is 0.784 e. The van der Waals surface area contributed by atoms with Crippen LogP contribution >= 0.6 is 0 Å². The zero-order valence-electron chi connectivity index (χ0n) is 14.5. The molecule has 0 bridgehead atoms. The van der Waals surface area contributed by atoms with Crippen LogP contribution in [0.5, 0.6) is 0 Å². The zero-order chi connectivity index (χ0) is 15.8. The minimum atomic E-state index is -3.11. The summed E-state index contributed by atoms with van der Waals surface area (Å²) in [6.07, 6.45) is 10.5. The molecule has 1 unspecified atom stereocenters. The van der Waals surface area contributed by atoms with E-state index in [-0.39, 0.29) is 70.8 Å². The molecular formula is C14H26Na2O5S. The first-order valence-electron chi connectivity index (χ1n) is 7.24. The predicted molar refractivity (Wildman–Crippen MR) is 77.2 cm³/mol. The van der Waals surface area contributed by atoms with Gasteiger partial charge in [0.25, 0.3) is 0 Å². The third-order valence-corrected chi connectivity index (χ3v) is 3.04. The van der Waals surface area contributed by atoms with Crippen LogP contribution in [0, 0.1) is 5.92 Å². The SMILES string of the molecule is CCCCCCCCCC(=O)C(C=O)CC.O=S([O-])[O-].[Na+].[Na+]. The molecule has 0 rings (SSSR count). The van der Waals surface area contributed by atoms with Crippen molar-refractivity contribution in [1.82, 2.24) is 0 Å². The van der Waals surface area contributed by atoms with Crippen molar-refractivity contribution >= 4 is 23.4 Å². The fourth-order valence-electron chi connectivity index (χ4n) is 1.84. The number of hydrogen-bond acceptors (Lipinski definition) is 5. The first kappa shape index (κ1) is 31.2. The molecule has 5 nitrogen and oxygen atoms in total. The van der Waals surface area contributed by atoms with Gasteiger partial charge in [-0.05, 0) is 12.8 Å². The molecule has 0 saturated carbocycles. The van der Waals surface area contributed by atoms with Crippen LogP contribution in [0.15, 0.2) is 0 Å². The Morgan fingerprint density at radius 1 is 1.00 bits per heavy atom. The van der Waals surface area contributed by atoms with Gasteiger partial charge in [0, 0.05) is 6.42 Å². The Balaban J connectivity index is -0.000000240. The summed E-state index contributed by atoms with van der Waals surface area (Å²) in [4.78, 5) is 22.1. The maximum absolute atomic E-state index is 11.5. The molecule has 0 aliphatic rings. The second-order valence-electron chi connectivity index (χ2n) is 4.69. The Morgan fingerprint density at radius 2 is 1.41 bits per heavy atom. The molecule has 0 aliphatic carbocycles. The van der Waals surface area contributed by atoms with Gasteiger partial charge in [-0.3, -0.25) is 9.00 Å². The minimum Gasteiger partial charge on any atom is -0.784 e. The predicted octanol–water partition coefficient (Wildman–Crippen LogP) is -3.07. The van der Waals surface area contributed by atoms with Crippen molar-refractivity contribution in [2.24, 2.45) is 5.92 Å². The van der Waals surface area contributed by atoms with Gasteiger partial charge in [0.15, 0.2) is 0 Å². The second kappa shape index (κ2) is 24.7. The van der Waals surface area contributed by atoms with E-state index in [1.807, 2.05) is 6.92 Å². The minimum absolute atomic E-state index is 0. The van der Waals surface area contributed by atoms with Crippen LogP contribution in [0.3, 0.4) is 0 Å². The van der Waals surface area contributed by atoms with Gasteiger partial charge in [0.05, 0.1) is 5.92 Å². The van der Waals surface area contributed by atoms with E-state index in [0.717, 1.165) is 19.1 Å². The average Bonchev–Trinajstić information content (AvgIpc) is 2.38. The van der Waals surface area contributed by atoms with Crippen molar-refractivity contribution in [1.29, 1.82) is 0 Å². The summed E-state index contributed by atoms with van der Waals surface area (Å²) in [7, 11) is 0. The maximum atomic E-state index is 11.5. The van der Waals surface area contributed by atoms with E-state index in [4.69, 9.17) is 13.3 Å². The fraction of sp³-hybridized carbons (Fsp3) is 0.857. The first-order valence-corrected chi connectivity index (χ1v) is 8.24. The molecule has 1 atom stereocenters. The Bertz CT molecular complexity index is 274. The van der Waals surface area contributed by atoms with E-state index in [1.54, 1.807) is 0 Å². The summed E-state index contributed by atoms with van der Waals surface area (Å²) < 4.78 is 25.3. The van der Waals surface area contributed by atoms with E-state index in [2.05, 4.69) is 6.92 Å². The quantitative estimate of drug-likeness (QED) is 0.129. The van der Waals surface area contributed by atoms with Crippen LogP contribution in [-0.2, 0) is 21.0 Å². The van der Waals surface area contributed by atoms with Crippen LogP contribution in [-0.4, -0.2) is 25.4 Å². The monoisotopic (exact) mass is 352 g/mol. The average molecular weight is 352 g/mol. The Morgan fingerprint density at radius 3 is 1.77 bits per heavy atom. The third kappa shape index (κ3) is 26.3. The standard InChI is InChI=1S/C14H26O2.2Na.H2O3S/c1-3-5-6-7-8-9-10-11-14(16)13(4-2)12-15;;;1-4(2)3/h12-13H,3-11H2,1-2H3;;;(H2,1,2,3)/q;2*+1;/p-2. The summed E-state index contributed by atoms with van der Waals surface area (Å²) in [5.41, 5.74) is 0. The molecule has 0 aromatic carbocycles. The van der Waals surface area contributed by atoms with Gasteiger partial charge < -0.3 is 13.9 Å². The molecule has 0 spiro atoms. The van der Waals surface area contributed by atoms with Crippen molar-refractivity contribution in [3.8, 4) is 0 Å². The zero-order valence-corrected chi connectivity index (χ0v) is 19.3.